The Bertz CT molecular complexity index is 307. The van der Waals surface area contributed by atoms with Crippen molar-refractivity contribution in [3.63, 3.8) is 0 Å². The second kappa shape index (κ2) is 5.07. The van der Waals surface area contributed by atoms with Crippen molar-refractivity contribution in [1.29, 1.82) is 0 Å². The van der Waals surface area contributed by atoms with Gasteiger partial charge in [0.1, 0.15) is 11.6 Å². The average molecular weight is 206 g/mol. The summed E-state index contributed by atoms with van der Waals surface area (Å²) in [5, 5.41) is 6.71. The van der Waals surface area contributed by atoms with E-state index >= 15 is 0 Å². The van der Waals surface area contributed by atoms with E-state index in [9.17, 15) is 0 Å². The summed E-state index contributed by atoms with van der Waals surface area (Å²) >= 11 is 0. The number of nitrogens with zero attached hydrogens (tertiary/aromatic N) is 2. The van der Waals surface area contributed by atoms with Crippen LogP contribution in [-0.4, -0.2) is 29.6 Å². The second-order valence-electron chi connectivity index (χ2n) is 4.06. The highest BCUT2D eigenvalue weighted by Crippen LogP contribution is 2.12. The lowest BCUT2D eigenvalue weighted by Crippen LogP contribution is -2.13. The highest BCUT2D eigenvalue weighted by atomic mass is 15.0. The van der Waals surface area contributed by atoms with Gasteiger partial charge in [-0.2, -0.15) is 0 Å². The maximum absolute atomic E-state index is 4.30. The van der Waals surface area contributed by atoms with E-state index in [4.69, 9.17) is 0 Å². The predicted octanol–water partition coefficient (Wildman–Crippen LogP) is 1.20. The zero-order chi connectivity index (χ0) is 10.5. The van der Waals surface area contributed by atoms with E-state index in [-0.39, 0.29) is 0 Å². The van der Waals surface area contributed by atoms with Crippen molar-refractivity contribution in [2.24, 2.45) is 5.92 Å². The summed E-state index contributed by atoms with van der Waals surface area (Å²) in [7, 11) is 0. The summed E-state index contributed by atoms with van der Waals surface area (Å²) in [6.07, 6.45) is 4.32. The third-order valence-corrected chi connectivity index (χ3v) is 2.80. The molecule has 0 bridgehead atoms. The minimum Gasteiger partial charge on any atom is -0.370 e. The molecule has 0 aliphatic carbocycles. The molecule has 0 aromatic carbocycles. The second-order valence-corrected chi connectivity index (χ2v) is 4.06. The van der Waals surface area contributed by atoms with Crippen molar-refractivity contribution in [1.82, 2.24) is 15.3 Å². The van der Waals surface area contributed by atoms with Crippen molar-refractivity contribution in [2.75, 3.05) is 25.0 Å². The molecule has 2 rings (SSSR count). The van der Waals surface area contributed by atoms with Gasteiger partial charge in [-0.1, -0.05) is 0 Å². The number of nitrogens with one attached hydrogen (secondary N) is 2. The molecular weight excluding hydrogens is 188 g/mol. The van der Waals surface area contributed by atoms with E-state index in [0.29, 0.717) is 0 Å². The molecule has 2 heterocycles. The molecule has 0 amide bonds. The molecule has 2 N–H and O–H groups in total. The van der Waals surface area contributed by atoms with Gasteiger partial charge < -0.3 is 10.6 Å². The standard InChI is InChI=1S/C11H18N4/c1-9-13-7-4-11(15-9)14-6-3-10-2-5-12-8-10/h4,7,10,12H,2-3,5-6,8H2,1H3,(H,13,14,15). The average Bonchev–Trinajstić information content (AvgIpc) is 2.71. The maximum atomic E-state index is 4.30. The number of hydrogen-bond acceptors (Lipinski definition) is 4. The molecule has 1 aromatic rings. The fourth-order valence-corrected chi connectivity index (χ4v) is 1.92. The summed E-state index contributed by atoms with van der Waals surface area (Å²) in [5.41, 5.74) is 0. The molecule has 1 fully saturated rings. The molecule has 4 heteroatoms. The van der Waals surface area contributed by atoms with Gasteiger partial charge in [-0.05, 0) is 44.8 Å². The van der Waals surface area contributed by atoms with Crippen LogP contribution >= 0.6 is 0 Å². The van der Waals surface area contributed by atoms with E-state index in [1.807, 2.05) is 13.0 Å². The molecule has 4 nitrogen and oxygen atoms in total. The van der Waals surface area contributed by atoms with Crippen LogP contribution in [0.4, 0.5) is 5.82 Å². The quantitative estimate of drug-likeness (QED) is 0.777. The van der Waals surface area contributed by atoms with Gasteiger partial charge >= 0.3 is 0 Å². The van der Waals surface area contributed by atoms with Gasteiger partial charge in [-0.3, -0.25) is 0 Å². The van der Waals surface area contributed by atoms with Gasteiger partial charge in [0.25, 0.3) is 0 Å². The normalized spacial score (nSPS) is 20.5. The molecular formula is C11H18N4. The van der Waals surface area contributed by atoms with Crippen LogP contribution in [0, 0.1) is 12.8 Å². The lowest BCUT2D eigenvalue weighted by molar-refractivity contribution is 0.549. The Balaban J connectivity index is 1.73. The van der Waals surface area contributed by atoms with Crippen LogP contribution in [0.2, 0.25) is 0 Å². The number of rotatable bonds is 4. The van der Waals surface area contributed by atoms with Crippen LogP contribution in [0.5, 0.6) is 0 Å². The summed E-state index contributed by atoms with van der Waals surface area (Å²) in [6, 6.07) is 1.92. The Morgan fingerprint density at radius 3 is 3.27 bits per heavy atom. The van der Waals surface area contributed by atoms with Gasteiger partial charge in [0.05, 0.1) is 0 Å². The molecule has 1 aliphatic rings. The van der Waals surface area contributed by atoms with Crippen molar-refractivity contribution in [3.05, 3.63) is 18.1 Å². The molecule has 1 aliphatic heterocycles. The van der Waals surface area contributed by atoms with Crippen molar-refractivity contribution < 1.29 is 0 Å². The first-order chi connectivity index (χ1) is 7.34. The minimum atomic E-state index is 0.822. The monoisotopic (exact) mass is 206 g/mol. The van der Waals surface area contributed by atoms with Crippen LogP contribution in [0.3, 0.4) is 0 Å². The van der Waals surface area contributed by atoms with Crippen molar-refractivity contribution in [2.45, 2.75) is 19.8 Å². The van der Waals surface area contributed by atoms with Crippen LogP contribution in [-0.2, 0) is 0 Å². The molecule has 1 saturated heterocycles. The molecule has 1 atom stereocenters. The first kappa shape index (κ1) is 10.4. The summed E-state index contributed by atoms with van der Waals surface area (Å²) in [5.74, 6) is 2.59. The molecule has 0 radical (unpaired) electrons. The number of hydrogen-bond donors (Lipinski definition) is 2. The third kappa shape index (κ3) is 3.16. The van der Waals surface area contributed by atoms with Crippen LogP contribution < -0.4 is 10.6 Å². The minimum absolute atomic E-state index is 0.822. The molecule has 15 heavy (non-hydrogen) atoms. The number of aryl methyl sites for hydroxylation is 1. The Hall–Kier alpha value is -1.16. The predicted molar refractivity (Wildman–Crippen MR) is 60.9 cm³/mol. The Labute approximate surface area is 90.5 Å². The summed E-state index contributed by atoms with van der Waals surface area (Å²) in [4.78, 5) is 8.36. The molecule has 0 spiro atoms. The topological polar surface area (TPSA) is 49.8 Å². The smallest absolute Gasteiger partial charge is 0.129 e. The van der Waals surface area contributed by atoms with E-state index in [1.165, 1.54) is 25.9 Å². The Kier molecular flexibility index (Phi) is 3.50. The number of aromatic nitrogens is 2. The summed E-state index contributed by atoms with van der Waals surface area (Å²) in [6.45, 7) is 5.26. The van der Waals surface area contributed by atoms with E-state index in [1.54, 1.807) is 6.20 Å². The van der Waals surface area contributed by atoms with Gasteiger partial charge in [-0.15, -0.1) is 0 Å². The Morgan fingerprint density at radius 1 is 1.60 bits per heavy atom. The Morgan fingerprint density at radius 2 is 2.53 bits per heavy atom. The summed E-state index contributed by atoms with van der Waals surface area (Å²) < 4.78 is 0. The third-order valence-electron chi connectivity index (χ3n) is 2.80. The first-order valence-electron chi connectivity index (χ1n) is 5.59. The van der Waals surface area contributed by atoms with Crippen LogP contribution in [0.15, 0.2) is 12.3 Å². The molecule has 82 valence electrons. The largest absolute Gasteiger partial charge is 0.370 e. The highest BCUT2D eigenvalue weighted by Gasteiger charge is 2.13. The molecule has 1 unspecified atom stereocenters. The van der Waals surface area contributed by atoms with Gasteiger partial charge in [-0.25, -0.2) is 9.97 Å². The zero-order valence-electron chi connectivity index (χ0n) is 9.16. The van der Waals surface area contributed by atoms with E-state index in [0.717, 1.165) is 24.1 Å². The van der Waals surface area contributed by atoms with Gasteiger partial charge in [0.2, 0.25) is 0 Å². The van der Waals surface area contributed by atoms with E-state index in [2.05, 4.69) is 20.6 Å². The lowest BCUT2D eigenvalue weighted by Gasteiger charge is -2.09. The maximum Gasteiger partial charge on any atom is 0.129 e. The van der Waals surface area contributed by atoms with Gasteiger partial charge in [0.15, 0.2) is 0 Å². The first-order valence-corrected chi connectivity index (χ1v) is 5.59. The van der Waals surface area contributed by atoms with Gasteiger partial charge in [0, 0.05) is 12.7 Å². The fourth-order valence-electron chi connectivity index (χ4n) is 1.92. The molecule has 1 aromatic heterocycles. The molecule has 0 saturated carbocycles. The fraction of sp³-hybridized carbons (Fsp3) is 0.636. The van der Waals surface area contributed by atoms with Crippen molar-refractivity contribution >= 4 is 5.82 Å². The van der Waals surface area contributed by atoms with E-state index < -0.39 is 0 Å². The zero-order valence-corrected chi connectivity index (χ0v) is 9.16. The highest BCUT2D eigenvalue weighted by molar-refractivity contribution is 5.32. The van der Waals surface area contributed by atoms with Crippen LogP contribution in [0.1, 0.15) is 18.7 Å². The lowest BCUT2D eigenvalue weighted by atomic mass is 10.1. The SMILES string of the molecule is Cc1nccc(NCCC2CCNC2)n1. The number of anilines is 1. The van der Waals surface area contributed by atoms with Crippen LogP contribution in [0.25, 0.3) is 0 Å². The van der Waals surface area contributed by atoms with Crippen molar-refractivity contribution in [3.8, 4) is 0 Å².